The van der Waals surface area contributed by atoms with Crippen LogP contribution < -0.4 is 0 Å². The van der Waals surface area contributed by atoms with E-state index in [4.69, 9.17) is 9.53 Å². The van der Waals surface area contributed by atoms with E-state index in [1.54, 1.807) is 0 Å². The Morgan fingerprint density at radius 1 is 0.941 bits per heavy atom. The second-order valence-electron chi connectivity index (χ2n) is 9.72. The van der Waals surface area contributed by atoms with Gasteiger partial charge in [0.25, 0.3) is 0 Å². The van der Waals surface area contributed by atoms with Crippen molar-refractivity contribution in [1.29, 1.82) is 0 Å². The number of hydrogen-bond donors (Lipinski definition) is 0. The van der Waals surface area contributed by atoms with Crippen LogP contribution in [-0.4, -0.2) is 67.3 Å². The molecule has 1 amide bonds. The predicted molar refractivity (Wildman–Crippen MR) is 138 cm³/mol. The first kappa shape index (κ1) is 29.8. The standard InChI is InChI=1S/C11H20N2O2.C8H10.C6H12.C3H4O2/c1-9-7-12(8-10-3-4-10)5-6-13(9)11(14)15-2;1-7-3-5-8(2)6-4-7;1-2-4-6-5-3-1;1-3(5)2-4/h9-10H,3-8H2,1-2H3;3-6H,1-2H3;1-6H2;2H,1H3. The Morgan fingerprint density at radius 2 is 1.38 bits per heavy atom. The minimum absolute atomic E-state index is 0.187. The summed E-state index contributed by atoms with van der Waals surface area (Å²) in [5.41, 5.74) is 2.66. The van der Waals surface area contributed by atoms with Crippen LogP contribution in [0.2, 0.25) is 0 Å². The van der Waals surface area contributed by atoms with Gasteiger partial charge in [0.2, 0.25) is 0 Å². The summed E-state index contributed by atoms with van der Waals surface area (Å²) in [6.07, 6.45) is 11.9. The Balaban J connectivity index is 0.000000255. The van der Waals surface area contributed by atoms with E-state index in [0.717, 1.165) is 25.6 Å². The molecule has 1 aliphatic heterocycles. The minimum Gasteiger partial charge on any atom is -0.453 e. The molecule has 192 valence electrons. The van der Waals surface area contributed by atoms with Crippen LogP contribution in [0.3, 0.4) is 0 Å². The minimum atomic E-state index is -0.426. The summed E-state index contributed by atoms with van der Waals surface area (Å²) in [6, 6.07) is 8.76. The zero-order valence-electron chi connectivity index (χ0n) is 22.1. The number of nitrogens with zero attached hydrogens (tertiary/aromatic N) is 2. The van der Waals surface area contributed by atoms with Crippen LogP contribution >= 0.6 is 0 Å². The molecule has 0 N–H and O–H groups in total. The monoisotopic (exact) mass is 474 g/mol. The van der Waals surface area contributed by atoms with Crippen molar-refractivity contribution in [3.05, 3.63) is 35.4 Å². The van der Waals surface area contributed by atoms with Gasteiger partial charge in [0.15, 0.2) is 12.1 Å². The molecule has 0 radical (unpaired) electrons. The summed E-state index contributed by atoms with van der Waals surface area (Å²) < 4.78 is 4.76. The molecule has 1 atom stereocenters. The van der Waals surface area contributed by atoms with Crippen molar-refractivity contribution < 1.29 is 19.1 Å². The SMILES string of the molecule is C1CCCCC1.CC(=O)C=O.COC(=O)N1CCN(CC2CC2)CC1C.Cc1ccc(C)cc1. The van der Waals surface area contributed by atoms with Crippen molar-refractivity contribution >= 4 is 18.2 Å². The van der Waals surface area contributed by atoms with E-state index < -0.39 is 5.78 Å². The van der Waals surface area contributed by atoms with E-state index in [0.29, 0.717) is 0 Å². The van der Waals surface area contributed by atoms with Gasteiger partial charge in [-0.3, -0.25) is 14.5 Å². The Bertz CT molecular complexity index is 679. The number of amides is 1. The Hall–Kier alpha value is -2.21. The summed E-state index contributed by atoms with van der Waals surface area (Å²) in [4.78, 5) is 34.3. The van der Waals surface area contributed by atoms with Gasteiger partial charge in [-0.05, 0) is 39.5 Å². The maximum absolute atomic E-state index is 11.4. The average Bonchev–Trinajstić information content (AvgIpc) is 3.67. The number of hydrogen-bond acceptors (Lipinski definition) is 5. The van der Waals surface area contributed by atoms with Gasteiger partial charge in [0.1, 0.15) is 0 Å². The molecular formula is C28H46N2O4. The van der Waals surface area contributed by atoms with E-state index >= 15 is 0 Å². The molecule has 1 aromatic rings. The third-order valence-corrected chi connectivity index (χ3v) is 6.22. The molecular weight excluding hydrogens is 428 g/mol. The van der Waals surface area contributed by atoms with Crippen LogP contribution in [0.5, 0.6) is 0 Å². The molecule has 0 spiro atoms. The van der Waals surface area contributed by atoms with Crippen LogP contribution in [0.15, 0.2) is 24.3 Å². The fourth-order valence-corrected chi connectivity index (χ4v) is 3.95. The van der Waals surface area contributed by atoms with Gasteiger partial charge in [0.05, 0.1) is 7.11 Å². The fourth-order valence-electron chi connectivity index (χ4n) is 3.95. The van der Waals surface area contributed by atoms with Gasteiger partial charge >= 0.3 is 6.09 Å². The molecule has 1 aromatic carbocycles. The van der Waals surface area contributed by atoms with E-state index in [1.807, 2.05) is 4.90 Å². The van der Waals surface area contributed by atoms with Crippen molar-refractivity contribution in [3.8, 4) is 0 Å². The van der Waals surface area contributed by atoms with Crippen LogP contribution in [0.4, 0.5) is 4.79 Å². The fraction of sp³-hybridized carbons (Fsp3) is 0.679. The highest BCUT2D eigenvalue weighted by atomic mass is 16.5. The zero-order valence-corrected chi connectivity index (χ0v) is 22.1. The molecule has 1 heterocycles. The van der Waals surface area contributed by atoms with E-state index in [-0.39, 0.29) is 18.4 Å². The molecule has 1 saturated heterocycles. The topological polar surface area (TPSA) is 66.9 Å². The second kappa shape index (κ2) is 17.3. The number of piperazine rings is 1. The average molecular weight is 475 g/mol. The molecule has 1 unspecified atom stereocenters. The lowest BCUT2D eigenvalue weighted by molar-refractivity contribution is -0.128. The first-order chi connectivity index (χ1) is 16.3. The van der Waals surface area contributed by atoms with Crippen molar-refractivity contribution in [2.45, 2.75) is 85.1 Å². The van der Waals surface area contributed by atoms with Crippen LogP contribution in [0, 0.1) is 19.8 Å². The first-order valence-corrected chi connectivity index (χ1v) is 12.8. The van der Waals surface area contributed by atoms with E-state index in [9.17, 15) is 9.59 Å². The lowest BCUT2D eigenvalue weighted by Crippen LogP contribution is -2.54. The first-order valence-electron chi connectivity index (χ1n) is 12.8. The summed E-state index contributed by atoms with van der Waals surface area (Å²) >= 11 is 0. The molecule has 3 fully saturated rings. The maximum Gasteiger partial charge on any atom is 0.409 e. The summed E-state index contributed by atoms with van der Waals surface area (Å²) in [5, 5.41) is 0. The lowest BCUT2D eigenvalue weighted by atomic mass is 10.0. The molecule has 34 heavy (non-hydrogen) atoms. The highest BCUT2D eigenvalue weighted by molar-refractivity contribution is 6.23. The normalized spacial score (nSPS) is 19.7. The summed E-state index contributed by atoms with van der Waals surface area (Å²) in [7, 11) is 1.45. The van der Waals surface area contributed by atoms with Crippen molar-refractivity contribution in [2.75, 3.05) is 33.3 Å². The van der Waals surface area contributed by atoms with E-state index in [1.165, 1.54) is 83.1 Å². The highest BCUT2D eigenvalue weighted by Gasteiger charge is 2.31. The molecule has 6 nitrogen and oxygen atoms in total. The van der Waals surface area contributed by atoms with Gasteiger partial charge in [-0.1, -0.05) is 73.9 Å². The van der Waals surface area contributed by atoms with Crippen LogP contribution in [0.1, 0.15) is 76.3 Å². The zero-order chi connectivity index (χ0) is 25.3. The number of aldehydes is 1. The number of ether oxygens (including phenoxy) is 1. The van der Waals surface area contributed by atoms with Gasteiger partial charge < -0.3 is 9.64 Å². The predicted octanol–water partition coefficient (Wildman–Crippen LogP) is 5.59. The van der Waals surface area contributed by atoms with Crippen LogP contribution in [0.25, 0.3) is 0 Å². The number of carbonyl (C=O) groups excluding carboxylic acids is 3. The number of benzene rings is 1. The summed E-state index contributed by atoms with van der Waals surface area (Å²) in [5.74, 6) is 0.506. The summed E-state index contributed by atoms with van der Waals surface area (Å²) in [6.45, 7) is 11.5. The molecule has 6 heteroatoms. The van der Waals surface area contributed by atoms with Crippen molar-refractivity contribution in [1.82, 2.24) is 9.80 Å². The number of rotatable bonds is 3. The third-order valence-electron chi connectivity index (χ3n) is 6.22. The van der Waals surface area contributed by atoms with Crippen molar-refractivity contribution in [2.24, 2.45) is 5.92 Å². The number of methoxy groups -OCH3 is 1. The molecule has 0 aromatic heterocycles. The number of carbonyl (C=O) groups is 3. The van der Waals surface area contributed by atoms with Crippen LogP contribution in [-0.2, 0) is 14.3 Å². The Morgan fingerprint density at radius 3 is 1.71 bits per heavy atom. The quantitative estimate of drug-likeness (QED) is 0.422. The number of Topliss-reactive ketones (excluding diaryl/α,β-unsaturated/α-hetero) is 1. The highest BCUT2D eigenvalue weighted by Crippen LogP contribution is 2.30. The largest absolute Gasteiger partial charge is 0.453 e. The van der Waals surface area contributed by atoms with Crippen molar-refractivity contribution in [3.63, 3.8) is 0 Å². The molecule has 4 rings (SSSR count). The molecule has 2 saturated carbocycles. The number of aryl methyl sites for hydroxylation is 2. The lowest BCUT2D eigenvalue weighted by Gasteiger charge is -2.38. The molecule has 3 aliphatic rings. The van der Waals surface area contributed by atoms with Gasteiger partial charge in [0, 0.05) is 39.1 Å². The Kier molecular flexibility index (Phi) is 15.1. The molecule has 0 bridgehead atoms. The van der Waals surface area contributed by atoms with Gasteiger partial charge in [-0.2, -0.15) is 0 Å². The van der Waals surface area contributed by atoms with Gasteiger partial charge in [-0.25, -0.2) is 4.79 Å². The molecule has 2 aliphatic carbocycles. The number of ketones is 1. The van der Waals surface area contributed by atoms with Gasteiger partial charge in [-0.15, -0.1) is 0 Å². The van der Waals surface area contributed by atoms with E-state index in [2.05, 4.69) is 49.9 Å². The third kappa shape index (κ3) is 14.1. The second-order valence-corrected chi connectivity index (χ2v) is 9.72. The Labute approximate surface area is 207 Å². The smallest absolute Gasteiger partial charge is 0.409 e. The maximum atomic E-state index is 11.4.